The summed E-state index contributed by atoms with van der Waals surface area (Å²) in [6.45, 7) is 8.52. The number of aryl methyl sites for hydroxylation is 2. The molecule has 0 aromatic carbocycles. The van der Waals surface area contributed by atoms with Gasteiger partial charge in [-0.2, -0.15) is 9.40 Å². The largest absolute Gasteiger partial charge is 0.271 e. The van der Waals surface area contributed by atoms with Crippen molar-refractivity contribution in [3.63, 3.8) is 0 Å². The third-order valence-corrected chi connectivity index (χ3v) is 9.53. The smallest absolute Gasteiger partial charge is 0.246 e. The number of sulfonamides is 1. The molecule has 2 rings (SSSR count). The first kappa shape index (κ1) is 18.4. The van der Waals surface area contributed by atoms with E-state index in [9.17, 15) is 16.8 Å². The van der Waals surface area contributed by atoms with Crippen molar-refractivity contribution < 1.29 is 16.8 Å². The lowest BCUT2D eigenvalue weighted by Crippen LogP contribution is -2.39. The Morgan fingerprint density at radius 3 is 2.13 bits per heavy atom. The fourth-order valence-electron chi connectivity index (χ4n) is 2.93. The van der Waals surface area contributed by atoms with Crippen LogP contribution < -0.4 is 0 Å². The molecule has 0 amide bonds. The normalized spacial score (nSPS) is 21.0. The van der Waals surface area contributed by atoms with E-state index in [0.717, 1.165) is 0 Å². The van der Waals surface area contributed by atoms with E-state index in [1.807, 2.05) is 0 Å². The van der Waals surface area contributed by atoms with Gasteiger partial charge in [-0.15, -0.1) is 0 Å². The highest BCUT2D eigenvalue weighted by Gasteiger charge is 2.44. The van der Waals surface area contributed by atoms with Crippen LogP contribution in [0, 0.1) is 13.8 Å². The van der Waals surface area contributed by atoms with Crippen molar-refractivity contribution in [1.82, 2.24) is 14.1 Å². The van der Waals surface area contributed by atoms with Gasteiger partial charge in [0.1, 0.15) is 4.90 Å². The molecule has 1 aromatic heterocycles. The zero-order chi connectivity index (χ0) is 17.8. The van der Waals surface area contributed by atoms with E-state index >= 15 is 0 Å². The van der Waals surface area contributed by atoms with E-state index in [-0.39, 0.29) is 18.0 Å². The highest BCUT2D eigenvalue weighted by atomic mass is 32.2. The average molecular weight is 364 g/mol. The number of aromatic nitrogens is 2. The zero-order valence-electron chi connectivity index (χ0n) is 14.5. The summed E-state index contributed by atoms with van der Waals surface area (Å²) in [4.78, 5) is 0.189. The molecule has 0 spiro atoms. The molecule has 0 aliphatic carbocycles. The lowest BCUT2D eigenvalue weighted by atomic mass is 10.3. The second-order valence-corrected chi connectivity index (χ2v) is 11.9. The van der Waals surface area contributed by atoms with Gasteiger partial charge in [0, 0.05) is 20.1 Å². The molecule has 1 fully saturated rings. The van der Waals surface area contributed by atoms with Crippen LogP contribution in [0.25, 0.3) is 0 Å². The molecule has 0 N–H and O–H groups in total. The Balaban J connectivity index is 2.35. The maximum absolute atomic E-state index is 12.9. The standard InChI is InChI=1S/C14H25N3O4S2/c1-10-13(11(2)16(6)15-10)23(20,21)17-8-7-12(9-17)22(18,19)14(3,4)5/h12H,7-9H2,1-6H3. The van der Waals surface area contributed by atoms with Crippen molar-refractivity contribution in [1.29, 1.82) is 0 Å². The van der Waals surface area contributed by atoms with Crippen molar-refractivity contribution in [2.45, 2.75) is 55.9 Å². The third kappa shape index (κ3) is 2.94. The van der Waals surface area contributed by atoms with Gasteiger partial charge < -0.3 is 0 Å². The molecule has 1 aliphatic heterocycles. The van der Waals surface area contributed by atoms with E-state index in [2.05, 4.69) is 5.10 Å². The highest BCUT2D eigenvalue weighted by Crippen LogP contribution is 2.31. The summed E-state index contributed by atoms with van der Waals surface area (Å²) in [5.74, 6) is 0. The van der Waals surface area contributed by atoms with Crippen LogP contribution in [0.5, 0.6) is 0 Å². The lowest BCUT2D eigenvalue weighted by molar-refractivity contribution is 0.474. The van der Waals surface area contributed by atoms with Gasteiger partial charge in [-0.25, -0.2) is 16.8 Å². The Morgan fingerprint density at radius 2 is 1.70 bits per heavy atom. The monoisotopic (exact) mass is 363 g/mol. The van der Waals surface area contributed by atoms with Gasteiger partial charge in [0.2, 0.25) is 10.0 Å². The van der Waals surface area contributed by atoms with Crippen molar-refractivity contribution >= 4 is 19.9 Å². The minimum Gasteiger partial charge on any atom is -0.271 e. The van der Waals surface area contributed by atoms with Gasteiger partial charge >= 0.3 is 0 Å². The first-order valence-electron chi connectivity index (χ1n) is 7.54. The fraction of sp³-hybridized carbons (Fsp3) is 0.786. The van der Waals surface area contributed by atoms with Crippen LogP contribution in [0.1, 0.15) is 38.6 Å². The molecule has 0 radical (unpaired) electrons. The summed E-state index contributed by atoms with van der Waals surface area (Å²) < 4.78 is 52.8. The van der Waals surface area contributed by atoms with E-state index < -0.39 is 29.9 Å². The Morgan fingerprint density at radius 1 is 1.13 bits per heavy atom. The van der Waals surface area contributed by atoms with E-state index in [4.69, 9.17) is 0 Å². The highest BCUT2D eigenvalue weighted by molar-refractivity contribution is 7.93. The van der Waals surface area contributed by atoms with Crippen molar-refractivity contribution in [3.8, 4) is 0 Å². The molecule has 1 unspecified atom stereocenters. The number of sulfone groups is 1. The second kappa shape index (κ2) is 5.56. The predicted molar refractivity (Wildman–Crippen MR) is 88.5 cm³/mol. The molecule has 1 atom stereocenters. The molecule has 2 heterocycles. The third-order valence-electron chi connectivity index (χ3n) is 4.44. The van der Waals surface area contributed by atoms with Crippen molar-refractivity contribution in [2.24, 2.45) is 7.05 Å². The van der Waals surface area contributed by atoms with E-state index in [1.165, 1.54) is 8.99 Å². The van der Waals surface area contributed by atoms with Crippen LogP contribution in [0.15, 0.2) is 4.90 Å². The molecule has 1 aromatic rings. The minimum atomic E-state index is -3.73. The van der Waals surface area contributed by atoms with Crippen LogP contribution in [-0.4, -0.2) is 54.0 Å². The molecule has 9 heteroatoms. The number of hydrogen-bond donors (Lipinski definition) is 0. The molecular formula is C14H25N3O4S2. The van der Waals surface area contributed by atoms with Crippen LogP contribution in [0.2, 0.25) is 0 Å². The van der Waals surface area contributed by atoms with Gasteiger partial charge in [-0.1, -0.05) is 0 Å². The predicted octanol–water partition coefficient (Wildman–Crippen LogP) is 1.01. The average Bonchev–Trinajstić information content (AvgIpc) is 2.95. The Hall–Kier alpha value is -0.930. The number of hydrogen-bond acceptors (Lipinski definition) is 5. The SMILES string of the molecule is Cc1nn(C)c(C)c1S(=O)(=O)N1CCC(S(=O)(=O)C(C)(C)C)C1. The Labute approximate surface area is 138 Å². The van der Waals surface area contributed by atoms with Gasteiger partial charge in [-0.3, -0.25) is 4.68 Å². The lowest BCUT2D eigenvalue weighted by Gasteiger charge is -2.24. The minimum absolute atomic E-state index is 0.00963. The molecule has 7 nitrogen and oxygen atoms in total. The van der Waals surface area contributed by atoms with Gasteiger partial charge in [0.15, 0.2) is 9.84 Å². The maximum atomic E-state index is 12.9. The van der Waals surface area contributed by atoms with Gasteiger partial charge in [0.05, 0.1) is 21.4 Å². The van der Waals surface area contributed by atoms with E-state index in [0.29, 0.717) is 17.8 Å². The summed E-state index contributed by atoms with van der Waals surface area (Å²) in [5.41, 5.74) is 0.997. The van der Waals surface area contributed by atoms with Crippen molar-refractivity contribution in [2.75, 3.05) is 13.1 Å². The van der Waals surface area contributed by atoms with E-state index in [1.54, 1.807) is 41.7 Å². The summed E-state index contributed by atoms with van der Waals surface area (Å²) in [6.07, 6.45) is 0.331. The van der Waals surface area contributed by atoms with Crippen molar-refractivity contribution in [3.05, 3.63) is 11.4 Å². The zero-order valence-corrected chi connectivity index (χ0v) is 16.1. The van der Waals surface area contributed by atoms with Crippen LogP contribution in [-0.2, 0) is 26.9 Å². The van der Waals surface area contributed by atoms with Crippen LogP contribution in [0.3, 0.4) is 0 Å². The molecule has 1 aliphatic rings. The maximum Gasteiger partial charge on any atom is 0.246 e. The summed E-state index contributed by atoms with van der Waals surface area (Å²) in [5, 5.41) is 3.49. The molecule has 23 heavy (non-hydrogen) atoms. The first-order valence-corrected chi connectivity index (χ1v) is 10.5. The number of rotatable bonds is 3. The molecule has 0 bridgehead atoms. The van der Waals surface area contributed by atoms with Crippen LogP contribution >= 0.6 is 0 Å². The summed E-state index contributed by atoms with van der Waals surface area (Å²) >= 11 is 0. The number of nitrogens with zero attached hydrogens (tertiary/aromatic N) is 3. The summed E-state index contributed by atoms with van der Waals surface area (Å²) in [7, 11) is -5.43. The summed E-state index contributed by atoms with van der Waals surface area (Å²) in [6, 6.07) is 0. The van der Waals surface area contributed by atoms with Gasteiger partial charge in [-0.05, 0) is 41.0 Å². The second-order valence-electron chi connectivity index (χ2n) is 7.05. The fourth-order valence-corrected chi connectivity index (χ4v) is 6.71. The molecular weight excluding hydrogens is 338 g/mol. The Bertz CT molecular complexity index is 817. The Kier molecular flexibility index (Phi) is 4.45. The quantitative estimate of drug-likeness (QED) is 0.800. The van der Waals surface area contributed by atoms with Crippen LogP contribution in [0.4, 0.5) is 0 Å². The molecule has 1 saturated heterocycles. The first-order chi connectivity index (χ1) is 10.3. The molecule has 132 valence electrons. The topological polar surface area (TPSA) is 89.3 Å². The molecule has 0 saturated carbocycles. The van der Waals surface area contributed by atoms with Gasteiger partial charge in [0.25, 0.3) is 0 Å².